The van der Waals surface area contributed by atoms with Crippen molar-refractivity contribution in [2.75, 3.05) is 16.6 Å². The van der Waals surface area contributed by atoms with Crippen LogP contribution in [-0.2, 0) is 17.3 Å². The number of hydrogen-bond acceptors (Lipinski definition) is 6. The zero-order chi connectivity index (χ0) is 46.9. The van der Waals surface area contributed by atoms with Crippen LogP contribution in [0.3, 0.4) is 0 Å². The summed E-state index contributed by atoms with van der Waals surface area (Å²) in [6, 6.07) is 53.7. The molecule has 9 aromatic rings. The molecule has 1 aliphatic carbocycles. The smallest absolute Gasteiger partial charge is 0.252 e. The van der Waals surface area contributed by atoms with Crippen molar-refractivity contribution < 1.29 is 18.3 Å². The third-order valence-electron chi connectivity index (χ3n) is 14.6. The molecule has 7 aromatic carbocycles. The first kappa shape index (κ1) is 41.5. The van der Waals surface area contributed by atoms with Crippen molar-refractivity contribution in [2.45, 2.75) is 72.1 Å². The maximum atomic E-state index is 6.71. The summed E-state index contributed by atoms with van der Waals surface area (Å²) < 4.78 is 25.8. The fourth-order valence-electron chi connectivity index (χ4n) is 11.1. The SMILES string of the molecule is Cc1cc2c3c(c1)N(c1ccc(C(C)(C)C)cc1-c1ccccc1)c1cc4c(cc1B3c1cc(C(C)(C)C)ccc1N2c1cc(-c2cc3c(o2)C=CCC3)cc(-c2cc3ccccc3o2)c1)OCO4. The highest BCUT2D eigenvalue weighted by atomic mass is 16.7. The topological polar surface area (TPSA) is 51.2 Å². The van der Waals surface area contributed by atoms with Gasteiger partial charge < -0.3 is 28.1 Å². The summed E-state index contributed by atoms with van der Waals surface area (Å²) in [5.41, 5.74) is 20.2. The molecule has 0 N–H and O–H groups in total. The van der Waals surface area contributed by atoms with E-state index in [2.05, 4.69) is 204 Å². The van der Waals surface area contributed by atoms with E-state index >= 15 is 0 Å². The van der Waals surface area contributed by atoms with Gasteiger partial charge in [0.25, 0.3) is 6.71 Å². The van der Waals surface area contributed by atoms with Gasteiger partial charge in [-0.3, -0.25) is 0 Å². The van der Waals surface area contributed by atoms with Crippen LogP contribution in [0.15, 0.2) is 161 Å². The summed E-state index contributed by atoms with van der Waals surface area (Å²) in [6.45, 7) is 16.1. The van der Waals surface area contributed by atoms with E-state index in [9.17, 15) is 0 Å². The van der Waals surface area contributed by atoms with E-state index in [0.717, 1.165) is 109 Å². The summed E-state index contributed by atoms with van der Waals surface area (Å²) >= 11 is 0. The minimum atomic E-state index is -0.125. The van der Waals surface area contributed by atoms with Gasteiger partial charge in [-0.2, -0.15) is 0 Å². The fourth-order valence-corrected chi connectivity index (χ4v) is 11.1. The molecule has 0 unspecified atom stereocenters. The monoisotopic (exact) mass is 900 g/mol. The van der Waals surface area contributed by atoms with Gasteiger partial charge in [-0.05, 0) is 154 Å². The molecule has 0 saturated heterocycles. The highest BCUT2D eigenvalue weighted by molar-refractivity contribution is 7.00. The largest absolute Gasteiger partial charge is 0.456 e. The zero-order valence-electron chi connectivity index (χ0n) is 40.2. The van der Waals surface area contributed by atoms with Crippen LogP contribution in [-0.4, -0.2) is 13.5 Å². The summed E-state index contributed by atoms with van der Waals surface area (Å²) in [4.78, 5) is 5.00. The number of rotatable bonds is 5. The van der Waals surface area contributed by atoms with E-state index in [4.69, 9.17) is 18.3 Å². The molecule has 0 fully saturated rings. The van der Waals surface area contributed by atoms with Gasteiger partial charge in [0.1, 0.15) is 22.9 Å². The molecule has 13 rings (SSSR count). The molecular weight excluding hydrogens is 848 g/mol. The molecule has 2 aromatic heterocycles. The van der Waals surface area contributed by atoms with Crippen LogP contribution < -0.4 is 35.7 Å². The molecule has 69 heavy (non-hydrogen) atoms. The summed E-state index contributed by atoms with van der Waals surface area (Å²) in [7, 11) is 0. The second kappa shape index (κ2) is 15.2. The van der Waals surface area contributed by atoms with Crippen LogP contribution in [0, 0.1) is 6.92 Å². The lowest BCUT2D eigenvalue weighted by atomic mass is 9.33. The molecule has 0 atom stereocenters. The Morgan fingerprint density at radius 2 is 1.20 bits per heavy atom. The normalized spacial score (nSPS) is 14.5. The van der Waals surface area contributed by atoms with E-state index in [0.29, 0.717) is 0 Å². The first-order valence-electron chi connectivity index (χ1n) is 24.3. The molecule has 0 bridgehead atoms. The summed E-state index contributed by atoms with van der Waals surface area (Å²) in [5.74, 6) is 4.12. The predicted octanol–water partition coefficient (Wildman–Crippen LogP) is 14.7. The Labute approximate surface area is 404 Å². The standard InChI is InChI=1S/C62H53BN2O4/c1-37-25-52-60-53(26-37)65(49-23-21-43(61(2,3)4)32-46(49)38-15-9-8-10-16-38)51-35-59-58(66-36-67-59)34-48(51)63(60)47-33-44(62(5,6)7)22-24-50(47)64(52)45-28-41(56-30-39-17-11-13-19-54(39)68-56)27-42(29-45)57-31-40-18-12-14-20-55(40)69-57/h8-11,13-17,19-35H,12,18,36H2,1-7H3. The maximum absolute atomic E-state index is 6.71. The minimum Gasteiger partial charge on any atom is -0.456 e. The number of nitrogens with zero attached hydrogens (tertiary/aromatic N) is 2. The van der Waals surface area contributed by atoms with Crippen LogP contribution in [0.1, 0.15) is 76.0 Å². The Hall–Kier alpha value is -7.64. The van der Waals surface area contributed by atoms with Crippen LogP contribution >= 0.6 is 0 Å². The Kier molecular flexibility index (Phi) is 9.14. The number of hydrogen-bond donors (Lipinski definition) is 0. The van der Waals surface area contributed by atoms with E-state index in [1.54, 1.807) is 0 Å². The number of ether oxygens (including phenoxy) is 2. The average Bonchev–Trinajstić information content (AvgIpc) is 4.11. The van der Waals surface area contributed by atoms with Crippen LogP contribution in [0.25, 0.3) is 50.8 Å². The third kappa shape index (κ3) is 6.76. The molecule has 0 saturated carbocycles. The number of anilines is 6. The lowest BCUT2D eigenvalue weighted by Gasteiger charge is -2.45. The Morgan fingerprint density at radius 1 is 0.536 bits per heavy atom. The van der Waals surface area contributed by atoms with Crippen molar-refractivity contribution in [3.8, 4) is 45.3 Å². The summed E-state index contributed by atoms with van der Waals surface area (Å²) in [5, 5.41) is 1.07. The zero-order valence-corrected chi connectivity index (χ0v) is 40.2. The number of benzene rings is 7. The van der Waals surface area contributed by atoms with Gasteiger partial charge in [0.2, 0.25) is 6.79 Å². The Balaban J connectivity index is 1.11. The molecule has 0 amide bonds. The van der Waals surface area contributed by atoms with Crippen molar-refractivity contribution in [1.82, 2.24) is 0 Å². The second-order valence-corrected chi connectivity index (χ2v) is 21.3. The van der Waals surface area contributed by atoms with Gasteiger partial charge in [0.05, 0.1) is 5.69 Å². The van der Waals surface area contributed by atoms with Crippen molar-refractivity contribution in [3.63, 3.8) is 0 Å². The highest BCUT2D eigenvalue weighted by Crippen LogP contribution is 2.51. The number of furan rings is 2. The molecule has 0 radical (unpaired) electrons. The van der Waals surface area contributed by atoms with E-state index < -0.39 is 0 Å². The van der Waals surface area contributed by atoms with Gasteiger partial charge in [-0.15, -0.1) is 0 Å². The Morgan fingerprint density at radius 3 is 1.94 bits per heavy atom. The molecule has 4 aliphatic rings. The van der Waals surface area contributed by atoms with Gasteiger partial charge in [-0.1, -0.05) is 114 Å². The molecule has 5 heterocycles. The van der Waals surface area contributed by atoms with Gasteiger partial charge >= 0.3 is 0 Å². The Bertz CT molecular complexity index is 3570. The molecule has 0 spiro atoms. The average molecular weight is 901 g/mol. The van der Waals surface area contributed by atoms with E-state index in [-0.39, 0.29) is 24.3 Å². The maximum Gasteiger partial charge on any atom is 0.252 e. The molecule has 7 heteroatoms. The van der Waals surface area contributed by atoms with Gasteiger partial charge in [-0.25, -0.2) is 0 Å². The van der Waals surface area contributed by atoms with Crippen LogP contribution in [0.4, 0.5) is 34.1 Å². The van der Waals surface area contributed by atoms with Gasteiger partial charge in [0, 0.05) is 56.6 Å². The highest BCUT2D eigenvalue weighted by Gasteiger charge is 2.45. The van der Waals surface area contributed by atoms with E-state index in [1.165, 1.54) is 38.6 Å². The van der Waals surface area contributed by atoms with E-state index in [1.807, 2.05) is 12.1 Å². The molecule has 6 nitrogen and oxygen atoms in total. The lowest BCUT2D eigenvalue weighted by Crippen LogP contribution is -2.61. The van der Waals surface area contributed by atoms with Crippen molar-refractivity contribution in [1.29, 1.82) is 0 Å². The first-order valence-corrected chi connectivity index (χ1v) is 24.3. The predicted molar refractivity (Wildman–Crippen MR) is 284 cm³/mol. The number of para-hydroxylation sites is 1. The third-order valence-corrected chi connectivity index (χ3v) is 14.6. The molecular formula is C62H53BN2O4. The fraction of sp³-hybridized carbons (Fsp3) is 0.194. The minimum absolute atomic E-state index is 0.0577. The molecule has 3 aliphatic heterocycles. The number of allylic oxidation sites excluding steroid dienone is 1. The van der Waals surface area contributed by atoms with Crippen molar-refractivity contribution in [2.24, 2.45) is 0 Å². The van der Waals surface area contributed by atoms with Crippen LogP contribution in [0.2, 0.25) is 0 Å². The first-order chi connectivity index (χ1) is 33.3. The quantitative estimate of drug-likeness (QED) is 0.160. The van der Waals surface area contributed by atoms with Gasteiger partial charge in [0.15, 0.2) is 11.5 Å². The lowest BCUT2D eigenvalue weighted by molar-refractivity contribution is 0.174. The number of aryl methyl sites for hydroxylation is 2. The van der Waals surface area contributed by atoms with Crippen molar-refractivity contribution >= 4 is 74.3 Å². The number of fused-ring (bicyclic) bond motifs is 7. The molecule has 338 valence electrons. The second-order valence-electron chi connectivity index (χ2n) is 21.3. The van der Waals surface area contributed by atoms with Crippen LogP contribution in [0.5, 0.6) is 11.5 Å². The van der Waals surface area contributed by atoms with Crippen molar-refractivity contribution in [3.05, 3.63) is 180 Å². The summed E-state index contributed by atoms with van der Waals surface area (Å²) in [6.07, 6.45) is 6.29.